The lowest BCUT2D eigenvalue weighted by molar-refractivity contribution is -0.119. The lowest BCUT2D eigenvalue weighted by Crippen LogP contribution is -2.21. The third kappa shape index (κ3) is 3.95. The van der Waals surface area contributed by atoms with E-state index < -0.39 is 18.5 Å². The topological polar surface area (TPSA) is 68.3 Å². The zero-order valence-electron chi connectivity index (χ0n) is 13.5. The number of fused-ring (bicyclic) bond motifs is 1. The average Bonchev–Trinajstić information content (AvgIpc) is 2.61. The summed E-state index contributed by atoms with van der Waals surface area (Å²) in [5.41, 5.74) is 1.63. The number of esters is 1. The number of hydrogen-bond acceptors (Lipinski definition) is 4. The number of aromatic nitrogens is 1. The molecule has 2 aromatic carbocycles. The van der Waals surface area contributed by atoms with Gasteiger partial charge in [0.05, 0.1) is 10.7 Å². The Labute approximate surface area is 149 Å². The minimum atomic E-state index is -0.651. The van der Waals surface area contributed by atoms with E-state index in [1.807, 2.05) is 31.2 Å². The van der Waals surface area contributed by atoms with E-state index in [4.69, 9.17) is 16.3 Å². The molecule has 0 saturated carbocycles. The van der Waals surface area contributed by atoms with Crippen LogP contribution < -0.4 is 5.32 Å². The van der Waals surface area contributed by atoms with Crippen molar-refractivity contribution in [2.75, 3.05) is 11.9 Å². The number of pyridine rings is 1. The summed E-state index contributed by atoms with van der Waals surface area (Å²) in [6.45, 7) is 1.48. The highest BCUT2D eigenvalue weighted by Gasteiger charge is 2.15. The predicted molar refractivity (Wildman–Crippen MR) is 96.8 cm³/mol. The van der Waals surface area contributed by atoms with Crippen LogP contribution in [-0.4, -0.2) is 23.5 Å². The first kappa shape index (κ1) is 16.9. The molecule has 0 radical (unpaired) electrons. The number of aryl methyl sites for hydroxylation is 1. The number of ether oxygens (including phenoxy) is 1. The lowest BCUT2D eigenvalue weighted by Gasteiger charge is -2.09. The SMILES string of the molecule is Cc1ccc(NC(=O)COC(=O)c2nccc3ccccc23)c(Cl)c1. The molecule has 0 aliphatic rings. The molecule has 0 fully saturated rings. The van der Waals surface area contributed by atoms with Crippen LogP contribution in [-0.2, 0) is 9.53 Å². The van der Waals surface area contributed by atoms with Crippen molar-refractivity contribution in [3.8, 4) is 0 Å². The van der Waals surface area contributed by atoms with Gasteiger partial charge in [0.2, 0.25) is 0 Å². The zero-order valence-corrected chi connectivity index (χ0v) is 14.2. The molecule has 3 aromatic rings. The second-order valence-corrected chi connectivity index (χ2v) is 5.90. The van der Waals surface area contributed by atoms with Crippen molar-refractivity contribution in [1.82, 2.24) is 4.98 Å². The number of nitrogens with one attached hydrogen (secondary N) is 1. The molecular formula is C19H15ClN2O3. The van der Waals surface area contributed by atoms with Crippen LogP contribution in [0.25, 0.3) is 10.8 Å². The molecule has 1 heterocycles. The van der Waals surface area contributed by atoms with Crippen LogP contribution in [0.5, 0.6) is 0 Å². The second kappa shape index (κ2) is 7.32. The largest absolute Gasteiger partial charge is 0.451 e. The normalized spacial score (nSPS) is 10.5. The quantitative estimate of drug-likeness (QED) is 0.719. The Morgan fingerprint density at radius 1 is 1.16 bits per heavy atom. The molecule has 0 spiro atoms. The summed E-state index contributed by atoms with van der Waals surface area (Å²) in [4.78, 5) is 28.3. The molecule has 0 aliphatic heterocycles. The van der Waals surface area contributed by atoms with Gasteiger partial charge < -0.3 is 10.1 Å². The molecule has 0 atom stereocenters. The molecule has 0 aliphatic carbocycles. The Kier molecular flexibility index (Phi) is 4.95. The van der Waals surface area contributed by atoms with E-state index in [1.165, 1.54) is 6.20 Å². The maximum absolute atomic E-state index is 12.2. The van der Waals surface area contributed by atoms with Crippen LogP contribution in [0.4, 0.5) is 5.69 Å². The molecule has 1 aromatic heterocycles. The van der Waals surface area contributed by atoms with E-state index in [9.17, 15) is 9.59 Å². The summed E-state index contributed by atoms with van der Waals surface area (Å²) in [6, 6.07) is 14.4. The number of carbonyl (C=O) groups excluding carboxylic acids is 2. The second-order valence-electron chi connectivity index (χ2n) is 5.49. The van der Waals surface area contributed by atoms with E-state index in [0.29, 0.717) is 16.1 Å². The van der Waals surface area contributed by atoms with Crippen molar-refractivity contribution in [2.24, 2.45) is 0 Å². The van der Waals surface area contributed by atoms with Gasteiger partial charge >= 0.3 is 5.97 Å². The highest BCUT2D eigenvalue weighted by molar-refractivity contribution is 6.33. The van der Waals surface area contributed by atoms with Crippen LogP contribution in [0.1, 0.15) is 16.1 Å². The van der Waals surface area contributed by atoms with E-state index in [0.717, 1.165) is 10.9 Å². The number of rotatable bonds is 4. The monoisotopic (exact) mass is 354 g/mol. The fraction of sp³-hybridized carbons (Fsp3) is 0.105. The average molecular weight is 355 g/mol. The molecule has 1 amide bonds. The van der Waals surface area contributed by atoms with Crippen LogP contribution >= 0.6 is 11.6 Å². The highest BCUT2D eigenvalue weighted by atomic mass is 35.5. The van der Waals surface area contributed by atoms with Gasteiger partial charge in [0.15, 0.2) is 12.3 Å². The zero-order chi connectivity index (χ0) is 17.8. The molecule has 126 valence electrons. The number of hydrogen-bond donors (Lipinski definition) is 1. The number of amides is 1. The van der Waals surface area contributed by atoms with Gasteiger partial charge in [-0.1, -0.05) is 41.9 Å². The molecule has 6 heteroatoms. The van der Waals surface area contributed by atoms with Crippen molar-refractivity contribution >= 4 is 39.9 Å². The van der Waals surface area contributed by atoms with Crippen LogP contribution in [0.15, 0.2) is 54.7 Å². The Balaban J connectivity index is 1.66. The first-order chi connectivity index (χ1) is 12.0. The van der Waals surface area contributed by atoms with Gasteiger partial charge in [0, 0.05) is 11.6 Å². The third-order valence-corrected chi connectivity index (χ3v) is 3.91. The van der Waals surface area contributed by atoms with Crippen LogP contribution in [0.2, 0.25) is 5.02 Å². The van der Waals surface area contributed by atoms with E-state index in [2.05, 4.69) is 10.3 Å². The number of carbonyl (C=O) groups is 2. The van der Waals surface area contributed by atoms with E-state index in [1.54, 1.807) is 24.3 Å². The van der Waals surface area contributed by atoms with Crippen molar-refractivity contribution < 1.29 is 14.3 Å². The Morgan fingerprint density at radius 3 is 2.76 bits per heavy atom. The molecule has 3 rings (SSSR count). The number of halogens is 1. The first-order valence-electron chi connectivity index (χ1n) is 7.61. The molecule has 1 N–H and O–H groups in total. The summed E-state index contributed by atoms with van der Waals surface area (Å²) in [5, 5.41) is 4.59. The smallest absolute Gasteiger partial charge is 0.358 e. The lowest BCUT2D eigenvalue weighted by atomic mass is 10.1. The maximum atomic E-state index is 12.2. The van der Waals surface area contributed by atoms with Crippen molar-refractivity contribution in [1.29, 1.82) is 0 Å². The number of benzene rings is 2. The predicted octanol–water partition coefficient (Wildman–Crippen LogP) is 3.99. The van der Waals surface area contributed by atoms with Crippen molar-refractivity contribution in [3.63, 3.8) is 0 Å². The Bertz CT molecular complexity index is 951. The standard InChI is InChI=1S/C19H15ClN2O3/c1-12-6-7-16(15(20)10-12)22-17(23)11-25-19(24)18-14-5-3-2-4-13(14)8-9-21-18/h2-10H,11H2,1H3,(H,22,23). The molecule has 25 heavy (non-hydrogen) atoms. The molecule has 0 saturated heterocycles. The van der Waals surface area contributed by atoms with Gasteiger partial charge in [0.25, 0.3) is 5.91 Å². The number of anilines is 1. The van der Waals surface area contributed by atoms with E-state index >= 15 is 0 Å². The fourth-order valence-electron chi connectivity index (χ4n) is 2.39. The van der Waals surface area contributed by atoms with Gasteiger partial charge in [-0.05, 0) is 36.1 Å². The van der Waals surface area contributed by atoms with Gasteiger partial charge in [0.1, 0.15) is 0 Å². The molecule has 0 unspecified atom stereocenters. The summed E-state index contributed by atoms with van der Waals surface area (Å²) >= 11 is 6.07. The number of nitrogens with zero attached hydrogens (tertiary/aromatic N) is 1. The Morgan fingerprint density at radius 2 is 1.96 bits per heavy atom. The molecule has 0 bridgehead atoms. The third-order valence-electron chi connectivity index (χ3n) is 3.60. The first-order valence-corrected chi connectivity index (χ1v) is 7.99. The molecule has 5 nitrogen and oxygen atoms in total. The van der Waals surface area contributed by atoms with Gasteiger partial charge in [-0.25, -0.2) is 9.78 Å². The molecular weight excluding hydrogens is 340 g/mol. The van der Waals surface area contributed by atoms with Crippen molar-refractivity contribution in [3.05, 3.63) is 71.0 Å². The summed E-state index contributed by atoms with van der Waals surface area (Å²) in [6.07, 6.45) is 1.53. The van der Waals surface area contributed by atoms with Gasteiger partial charge in [-0.2, -0.15) is 0 Å². The van der Waals surface area contributed by atoms with Gasteiger partial charge in [-0.3, -0.25) is 4.79 Å². The van der Waals surface area contributed by atoms with Crippen LogP contribution in [0, 0.1) is 6.92 Å². The van der Waals surface area contributed by atoms with Gasteiger partial charge in [-0.15, -0.1) is 0 Å². The summed E-state index contributed by atoms with van der Waals surface area (Å²) < 4.78 is 5.08. The van der Waals surface area contributed by atoms with Crippen molar-refractivity contribution in [2.45, 2.75) is 6.92 Å². The maximum Gasteiger partial charge on any atom is 0.358 e. The highest BCUT2D eigenvalue weighted by Crippen LogP contribution is 2.22. The minimum Gasteiger partial charge on any atom is -0.451 e. The fourth-order valence-corrected chi connectivity index (χ4v) is 2.67. The van der Waals surface area contributed by atoms with Crippen LogP contribution in [0.3, 0.4) is 0 Å². The minimum absolute atomic E-state index is 0.180. The summed E-state index contributed by atoms with van der Waals surface area (Å²) in [5.74, 6) is -1.12. The Hall–Kier alpha value is -2.92. The summed E-state index contributed by atoms with van der Waals surface area (Å²) in [7, 11) is 0. The van der Waals surface area contributed by atoms with E-state index in [-0.39, 0.29) is 5.69 Å².